The largest absolute Gasteiger partial charge is 0.361 e. The van der Waals surface area contributed by atoms with Crippen molar-refractivity contribution in [2.45, 2.75) is 44.1 Å². The first-order valence-corrected chi connectivity index (χ1v) is 9.99. The van der Waals surface area contributed by atoms with Crippen LogP contribution < -0.4 is 5.32 Å². The molecule has 2 nitrogen and oxygen atoms in total. The van der Waals surface area contributed by atoms with E-state index in [1.54, 1.807) is 5.56 Å². The summed E-state index contributed by atoms with van der Waals surface area (Å²) >= 11 is 1.99. The maximum atomic E-state index is 4.02. The minimum Gasteiger partial charge on any atom is -0.361 e. The monoisotopic (exact) mass is 314 g/mol. The molecule has 2 aromatic rings. The lowest BCUT2D eigenvalue weighted by molar-refractivity contribution is 0.161. The molecule has 1 fully saturated rings. The van der Waals surface area contributed by atoms with Gasteiger partial charge in [0, 0.05) is 28.6 Å². The summed E-state index contributed by atoms with van der Waals surface area (Å²) in [5, 5.41) is 5.54. The van der Waals surface area contributed by atoms with E-state index in [9.17, 15) is 0 Å². The van der Waals surface area contributed by atoms with Gasteiger partial charge in [0.15, 0.2) is 0 Å². The van der Waals surface area contributed by atoms with Gasteiger partial charge >= 0.3 is 0 Å². The number of fused-ring (bicyclic) bond motifs is 2. The highest BCUT2D eigenvalue weighted by atomic mass is 32.2. The van der Waals surface area contributed by atoms with Crippen molar-refractivity contribution in [3.8, 4) is 0 Å². The molecule has 1 aromatic carbocycles. The van der Waals surface area contributed by atoms with E-state index < -0.39 is 0 Å². The molecule has 1 saturated heterocycles. The number of piperidine rings is 1. The van der Waals surface area contributed by atoms with Crippen LogP contribution in [-0.4, -0.2) is 29.1 Å². The Hall–Kier alpha value is -0.930. The number of H-pyrrole nitrogens is 1. The van der Waals surface area contributed by atoms with Crippen molar-refractivity contribution in [3.63, 3.8) is 0 Å². The van der Waals surface area contributed by atoms with Crippen LogP contribution in [0.1, 0.15) is 43.2 Å². The van der Waals surface area contributed by atoms with E-state index in [1.807, 2.05) is 11.8 Å². The third kappa shape index (κ3) is 2.13. The molecule has 0 saturated carbocycles. The Labute approximate surface area is 137 Å². The number of rotatable bonds is 4. The van der Waals surface area contributed by atoms with Gasteiger partial charge in [-0.05, 0) is 60.9 Å². The molecular formula is C19H26N2S. The van der Waals surface area contributed by atoms with Crippen LogP contribution >= 0.6 is 11.8 Å². The van der Waals surface area contributed by atoms with E-state index in [0.717, 1.165) is 5.92 Å². The number of thioether (sulfide) groups is 1. The average molecular weight is 314 g/mol. The molecule has 3 atom stereocenters. The zero-order valence-electron chi connectivity index (χ0n) is 13.6. The van der Waals surface area contributed by atoms with Gasteiger partial charge < -0.3 is 10.3 Å². The van der Waals surface area contributed by atoms with Gasteiger partial charge in [0.25, 0.3) is 0 Å². The minimum atomic E-state index is 0.285. The third-order valence-electron chi connectivity index (χ3n) is 5.78. The molecule has 118 valence electrons. The van der Waals surface area contributed by atoms with E-state index in [-0.39, 0.29) is 5.54 Å². The molecule has 2 heterocycles. The minimum absolute atomic E-state index is 0.285. The van der Waals surface area contributed by atoms with Crippen LogP contribution in [0.25, 0.3) is 10.9 Å². The van der Waals surface area contributed by atoms with E-state index in [2.05, 4.69) is 47.9 Å². The van der Waals surface area contributed by atoms with Gasteiger partial charge in [-0.15, -0.1) is 0 Å². The zero-order chi connectivity index (χ0) is 15.2. The molecule has 3 heteroatoms. The molecule has 0 amide bonds. The Kier molecular flexibility index (Phi) is 3.74. The molecule has 1 aromatic heterocycles. The van der Waals surface area contributed by atoms with E-state index >= 15 is 0 Å². The van der Waals surface area contributed by atoms with Gasteiger partial charge in [-0.3, -0.25) is 0 Å². The lowest BCUT2D eigenvalue weighted by atomic mass is 9.63. The molecule has 0 spiro atoms. The molecular weight excluding hydrogens is 288 g/mol. The van der Waals surface area contributed by atoms with Crippen LogP contribution in [0.15, 0.2) is 24.4 Å². The maximum Gasteiger partial charge on any atom is 0.0459 e. The summed E-state index contributed by atoms with van der Waals surface area (Å²) in [5.41, 5.74) is 4.72. The number of aromatic amines is 1. The van der Waals surface area contributed by atoms with Crippen LogP contribution in [0.4, 0.5) is 0 Å². The number of benzene rings is 1. The van der Waals surface area contributed by atoms with Crippen molar-refractivity contribution in [2.24, 2.45) is 5.92 Å². The second-order valence-corrected chi connectivity index (χ2v) is 8.07. The highest BCUT2D eigenvalue weighted by molar-refractivity contribution is 7.98. The lowest BCUT2D eigenvalue weighted by Crippen LogP contribution is -2.58. The standard InChI is InChI=1S/C19H26N2S/c1-3-7-19-9-14-11-20-17-6-4-5-15(18(14)17)16(19)8-13(10-21-19)12-22-2/h4-6,11,13,16,20-21H,3,7-10,12H2,1-2H3/t13-,16?,19?/m1/s1. The average Bonchev–Trinajstić information content (AvgIpc) is 2.93. The SMILES string of the molecule is CCCC12Cc3c[nH]c4cccc(c34)C1C[C@@H](CSC)CN2. The first kappa shape index (κ1) is 14.6. The van der Waals surface area contributed by atoms with Crippen molar-refractivity contribution < 1.29 is 0 Å². The first-order valence-electron chi connectivity index (χ1n) is 8.60. The zero-order valence-corrected chi connectivity index (χ0v) is 14.4. The fourth-order valence-electron chi connectivity index (χ4n) is 4.94. The van der Waals surface area contributed by atoms with E-state index in [0.29, 0.717) is 5.92 Å². The Morgan fingerprint density at radius 1 is 1.36 bits per heavy atom. The normalized spacial score (nSPS) is 30.5. The highest BCUT2D eigenvalue weighted by Crippen LogP contribution is 2.49. The van der Waals surface area contributed by atoms with Crippen molar-refractivity contribution in [1.29, 1.82) is 0 Å². The third-order valence-corrected chi connectivity index (χ3v) is 6.58. The van der Waals surface area contributed by atoms with Crippen LogP contribution in [0.5, 0.6) is 0 Å². The maximum absolute atomic E-state index is 4.02. The summed E-state index contributed by atoms with van der Waals surface area (Å²) in [4.78, 5) is 3.49. The van der Waals surface area contributed by atoms with E-state index in [4.69, 9.17) is 0 Å². The predicted octanol–water partition coefficient (Wildman–Crippen LogP) is 4.32. The van der Waals surface area contributed by atoms with Crippen molar-refractivity contribution in [2.75, 3.05) is 18.6 Å². The first-order chi connectivity index (χ1) is 10.8. The molecule has 0 radical (unpaired) electrons. The smallest absolute Gasteiger partial charge is 0.0459 e. The number of hydrogen-bond donors (Lipinski definition) is 2. The second-order valence-electron chi connectivity index (χ2n) is 7.16. The van der Waals surface area contributed by atoms with Crippen molar-refractivity contribution in [1.82, 2.24) is 10.3 Å². The van der Waals surface area contributed by atoms with E-state index in [1.165, 1.54) is 54.4 Å². The van der Waals surface area contributed by atoms with Gasteiger partial charge in [-0.1, -0.05) is 25.5 Å². The summed E-state index contributed by atoms with van der Waals surface area (Å²) in [7, 11) is 0. The lowest BCUT2D eigenvalue weighted by Gasteiger charge is -2.50. The number of nitrogens with one attached hydrogen (secondary N) is 2. The van der Waals surface area contributed by atoms with Crippen LogP contribution in [0.2, 0.25) is 0 Å². The van der Waals surface area contributed by atoms with Crippen LogP contribution in [0.3, 0.4) is 0 Å². The topological polar surface area (TPSA) is 27.8 Å². The highest BCUT2D eigenvalue weighted by Gasteiger charge is 2.46. The quantitative estimate of drug-likeness (QED) is 0.879. The van der Waals surface area contributed by atoms with Crippen molar-refractivity contribution >= 4 is 22.7 Å². The summed E-state index contributed by atoms with van der Waals surface area (Å²) in [5.74, 6) is 2.76. The van der Waals surface area contributed by atoms with Gasteiger partial charge in [0.2, 0.25) is 0 Å². The van der Waals surface area contributed by atoms with Gasteiger partial charge in [-0.2, -0.15) is 11.8 Å². The summed E-state index contributed by atoms with van der Waals surface area (Å²) < 4.78 is 0. The Balaban J connectivity index is 1.81. The second kappa shape index (κ2) is 5.61. The predicted molar refractivity (Wildman–Crippen MR) is 96.9 cm³/mol. The van der Waals surface area contributed by atoms with Gasteiger partial charge in [-0.25, -0.2) is 0 Å². The molecule has 0 bridgehead atoms. The van der Waals surface area contributed by atoms with Gasteiger partial charge in [0.1, 0.15) is 0 Å². The van der Waals surface area contributed by atoms with Crippen LogP contribution in [0, 0.1) is 5.92 Å². The molecule has 22 heavy (non-hydrogen) atoms. The molecule has 2 aliphatic rings. The number of aromatic nitrogens is 1. The van der Waals surface area contributed by atoms with Gasteiger partial charge in [0.05, 0.1) is 0 Å². The Bertz CT molecular complexity index is 677. The molecule has 4 rings (SSSR count). The fraction of sp³-hybridized carbons (Fsp3) is 0.579. The summed E-state index contributed by atoms with van der Waals surface area (Å²) in [6, 6.07) is 6.85. The molecule has 1 aliphatic carbocycles. The molecule has 2 unspecified atom stereocenters. The fourth-order valence-corrected chi connectivity index (χ4v) is 5.66. The Morgan fingerprint density at radius 2 is 2.27 bits per heavy atom. The molecule has 1 aliphatic heterocycles. The number of hydrogen-bond acceptors (Lipinski definition) is 2. The molecule has 2 N–H and O–H groups in total. The Morgan fingerprint density at radius 3 is 3.09 bits per heavy atom. The van der Waals surface area contributed by atoms with Crippen molar-refractivity contribution in [3.05, 3.63) is 35.5 Å². The summed E-state index contributed by atoms with van der Waals surface area (Å²) in [6.45, 7) is 3.52. The summed E-state index contributed by atoms with van der Waals surface area (Å²) in [6.07, 6.45) is 9.56. The van der Waals surface area contributed by atoms with Crippen LogP contribution in [-0.2, 0) is 6.42 Å².